The number of aromatic nitrogens is 3. The molecule has 4 aromatic rings. The summed E-state index contributed by atoms with van der Waals surface area (Å²) in [5.74, 6) is 8.19. The molecule has 0 atom stereocenters. The minimum absolute atomic E-state index is 0.153. The Bertz CT molecular complexity index is 1510. The number of amides is 1. The van der Waals surface area contributed by atoms with E-state index in [1.54, 1.807) is 33.5 Å². The number of anilines is 1. The summed E-state index contributed by atoms with van der Waals surface area (Å²) < 4.78 is 18.4. The van der Waals surface area contributed by atoms with E-state index in [0.717, 1.165) is 22.2 Å². The van der Waals surface area contributed by atoms with Crippen LogP contribution in [0.5, 0.6) is 17.2 Å². The lowest BCUT2D eigenvalue weighted by Gasteiger charge is -2.17. The first kappa shape index (κ1) is 26.6. The molecule has 0 fully saturated rings. The molecule has 1 amide bonds. The SMILES string of the molecule is COc1cc(C#Cc2cn(Cc3ccccc3)c3nc(NC(=O)C(C)(C)C)nc(C)c23)cc(OC)c1OC. The van der Waals surface area contributed by atoms with Crippen LogP contribution in [0.2, 0.25) is 0 Å². The van der Waals surface area contributed by atoms with E-state index < -0.39 is 5.41 Å². The van der Waals surface area contributed by atoms with Crippen molar-refractivity contribution in [2.45, 2.75) is 34.2 Å². The van der Waals surface area contributed by atoms with Crippen molar-refractivity contribution in [1.82, 2.24) is 14.5 Å². The van der Waals surface area contributed by atoms with Crippen LogP contribution in [0.4, 0.5) is 5.95 Å². The Labute approximate surface area is 223 Å². The maximum absolute atomic E-state index is 12.6. The van der Waals surface area contributed by atoms with E-state index in [1.165, 1.54) is 0 Å². The normalized spacial score (nSPS) is 11.0. The lowest BCUT2D eigenvalue weighted by Crippen LogP contribution is -2.28. The van der Waals surface area contributed by atoms with Crippen LogP contribution >= 0.6 is 0 Å². The molecule has 2 aromatic heterocycles. The van der Waals surface area contributed by atoms with Crippen LogP contribution < -0.4 is 19.5 Å². The molecule has 0 saturated carbocycles. The monoisotopic (exact) mass is 512 g/mol. The fourth-order valence-electron chi connectivity index (χ4n) is 4.00. The molecule has 8 heteroatoms. The lowest BCUT2D eigenvalue weighted by molar-refractivity contribution is -0.123. The van der Waals surface area contributed by atoms with E-state index in [-0.39, 0.29) is 11.9 Å². The van der Waals surface area contributed by atoms with Crippen LogP contribution in [0, 0.1) is 24.2 Å². The zero-order valence-corrected chi connectivity index (χ0v) is 22.8. The van der Waals surface area contributed by atoms with Gasteiger partial charge in [-0.25, -0.2) is 4.98 Å². The third kappa shape index (κ3) is 5.57. The minimum atomic E-state index is -0.574. The highest BCUT2D eigenvalue weighted by molar-refractivity contribution is 5.94. The Kier molecular flexibility index (Phi) is 7.58. The average Bonchev–Trinajstić information content (AvgIpc) is 3.24. The van der Waals surface area contributed by atoms with Crippen LogP contribution in [-0.2, 0) is 11.3 Å². The third-order valence-corrected chi connectivity index (χ3v) is 6.01. The van der Waals surface area contributed by atoms with Crippen molar-refractivity contribution < 1.29 is 19.0 Å². The van der Waals surface area contributed by atoms with Gasteiger partial charge >= 0.3 is 0 Å². The summed E-state index contributed by atoms with van der Waals surface area (Å²) in [6.45, 7) is 8.04. The molecule has 1 N–H and O–H groups in total. The predicted molar refractivity (Wildman–Crippen MR) is 148 cm³/mol. The number of carbonyl (C=O) groups is 1. The molecule has 0 bridgehead atoms. The number of ether oxygens (including phenoxy) is 3. The second kappa shape index (κ2) is 10.9. The van der Waals surface area contributed by atoms with E-state index >= 15 is 0 Å². The number of aryl methyl sites for hydroxylation is 1. The van der Waals surface area contributed by atoms with Gasteiger partial charge in [0.05, 0.1) is 38.0 Å². The molecule has 0 unspecified atom stereocenters. The van der Waals surface area contributed by atoms with E-state index in [2.05, 4.69) is 34.3 Å². The Morgan fingerprint density at radius 2 is 1.63 bits per heavy atom. The van der Waals surface area contributed by atoms with Gasteiger partial charge < -0.3 is 18.8 Å². The first-order valence-corrected chi connectivity index (χ1v) is 12.2. The number of carbonyl (C=O) groups excluding carboxylic acids is 1. The topological polar surface area (TPSA) is 87.5 Å². The van der Waals surface area contributed by atoms with E-state index in [0.29, 0.717) is 35.0 Å². The molecule has 0 aliphatic rings. The van der Waals surface area contributed by atoms with Gasteiger partial charge in [0.25, 0.3) is 0 Å². The van der Waals surface area contributed by atoms with E-state index in [9.17, 15) is 4.79 Å². The molecular weight excluding hydrogens is 480 g/mol. The van der Waals surface area contributed by atoms with Crippen molar-refractivity contribution in [3.8, 4) is 29.1 Å². The number of hydrogen-bond donors (Lipinski definition) is 1. The number of fused-ring (bicyclic) bond motifs is 1. The maximum atomic E-state index is 12.6. The van der Waals surface area contributed by atoms with Gasteiger partial charge in [0.1, 0.15) is 5.65 Å². The van der Waals surface area contributed by atoms with Crippen molar-refractivity contribution in [2.24, 2.45) is 5.41 Å². The van der Waals surface area contributed by atoms with E-state index in [1.807, 2.05) is 56.7 Å². The van der Waals surface area contributed by atoms with Gasteiger partial charge in [0.15, 0.2) is 11.5 Å². The van der Waals surface area contributed by atoms with Crippen molar-refractivity contribution in [3.05, 3.63) is 71.0 Å². The summed E-state index contributed by atoms with van der Waals surface area (Å²) >= 11 is 0. The summed E-state index contributed by atoms with van der Waals surface area (Å²) in [5, 5.41) is 3.69. The summed E-state index contributed by atoms with van der Waals surface area (Å²) in [7, 11) is 4.71. The van der Waals surface area contributed by atoms with Crippen molar-refractivity contribution >= 4 is 22.9 Å². The van der Waals surface area contributed by atoms with E-state index in [4.69, 9.17) is 19.2 Å². The van der Waals surface area contributed by atoms with Crippen molar-refractivity contribution in [1.29, 1.82) is 0 Å². The van der Waals surface area contributed by atoms with Crippen LogP contribution in [0.25, 0.3) is 11.0 Å². The Morgan fingerprint density at radius 3 is 2.21 bits per heavy atom. The Morgan fingerprint density at radius 1 is 0.974 bits per heavy atom. The summed E-state index contributed by atoms with van der Waals surface area (Å²) in [6, 6.07) is 13.7. The van der Waals surface area contributed by atoms with Gasteiger partial charge in [0, 0.05) is 23.7 Å². The summed E-state index contributed by atoms with van der Waals surface area (Å²) in [5.41, 5.74) is 3.44. The molecule has 38 heavy (non-hydrogen) atoms. The Hall–Kier alpha value is -4.51. The number of nitrogens with zero attached hydrogens (tertiary/aromatic N) is 3. The van der Waals surface area contributed by atoms with Gasteiger partial charge in [-0.05, 0) is 24.6 Å². The molecule has 2 heterocycles. The van der Waals surface area contributed by atoms with Crippen LogP contribution in [0.15, 0.2) is 48.7 Å². The maximum Gasteiger partial charge on any atom is 0.232 e. The second-order valence-electron chi connectivity index (χ2n) is 9.86. The third-order valence-electron chi connectivity index (χ3n) is 6.01. The molecular formula is C30H32N4O4. The summed E-state index contributed by atoms with van der Waals surface area (Å²) in [4.78, 5) is 21.9. The largest absolute Gasteiger partial charge is 0.493 e. The lowest BCUT2D eigenvalue weighted by atomic mass is 9.96. The number of nitrogens with one attached hydrogen (secondary N) is 1. The first-order chi connectivity index (χ1) is 18.1. The molecule has 2 aromatic carbocycles. The molecule has 196 valence electrons. The average molecular weight is 513 g/mol. The fraction of sp³-hybridized carbons (Fsp3) is 0.300. The highest BCUT2D eigenvalue weighted by Gasteiger charge is 2.23. The number of methoxy groups -OCH3 is 3. The highest BCUT2D eigenvalue weighted by atomic mass is 16.5. The fourth-order valence-corrected chi connectivity index (χ4v) is 4.00. The predicted octanol–water partition coefficient (Wildman–Crippen LogP) is 5.20. The number of benzene rings is 2. The molecule has 0 spiro atoms. The zero-order chi connectivity index (χ0) is 27.4. The van der Waals surface area contributed by atoms with Gasteiger partial charge in [-0.1, -0.05) is 62.9 Å². The second-order valence-corrected chi connectivity index (χ2v) is 9.86. The molecule has 8 nitrogen and oxygen atoms in total. The Balaban J connectivity index is 1.83. The zero-order valence-electron chi connectivity index (χ0n) is 22.8. The van der Waals surface area contributed by atoms with Gasteiger partial charge in [0.2, 0.25) is 17.6 Å². The molecule has 4 rings (SSSR count). The quantitative estimate of drug-likeness (QED) is 0.358. The summed E-state index contributed by atoms with van der Waals surface area (Å²) in [6.07, 6.45) is 1.97. The smallest absolute Gasteiger partial charge is 0.232 e. The van der Waals surface area contributed by atoms with Crippen LogP contribution in [0.3, 0.4) is 0 Å². The standard InChI is InChI=1S/C30H32N4O4/c1-19-25-22(14-13-21-15-23(36-5)26(38-7)24(16-21)37-6)18-34(17-20-11-9-8-10-12-20)27(25)32-29(31-19)33-28(35)30(2,3)4/h8-12,15-16,18H,17H2,1-7H3,(H,31,32,33,35). The van der Waals surface area contributed by atoms with Gasteiger partial charge in [-0.15, -0.1) is 0 Å². The minimum Gasteiger partial charge on any atom is -0.493 e. The molecule has 0 aliphatic heterocycles. The van der Waals surface area contributed by atoms with Crippen LogP contribution in [0.1, 0.15) is 43.2 Å². The highest BCUT2D eigenvalue weighted by Crippen LogP contribution is 2.38. The molecule has 0 aliphatic carbocycles. The number of hydrogen-bond acceptors (Lipinski definition) is 6. The van der Waals surface area contributed by atoms with Crippen molar-refractivity contribution in [3.63, 3.8) is 0 Å². The van der Waals surface area contributed by atoms with Gasteiger partial charge in [-0.2, -0.15) is 4.98 Å². The number of rotatable bonds is 6. The van der Waals surface area contributed by atoms with Crippen molar-refractivity contribution in [2.75, 3.05) is 26.6 Å². The van der Waals surface area contributed by atoms with Crippen LogP contribution in [-0.4, -0.2) is 41.8 Å². The first-order valence-electron chi connectivity index (χ1n) is 12.2. The molecule has 0 saturated heterocycles. The van der Waals surface area contributed by atoms with Gasteiger partial charge in [-0.3, -0.25) is 10.1 Å². The molecule has 0 radical (unpaired) electrons.